The summed E-state index contributed by atoms with van der Waals surface area (Å²) in [6, 6.07) is 12.9. The molecule has 2 aliphatic heterocycles. The van der Waals surface area contributed by atoms with Gasteiger partial charge >= 0.3 is 0 Å². The lowest BCUT2D eigenvalue weighted by atomic mass is 9.79. The molecule has 0 saturated carbocycles. The zero-order chi connectivity index (χ0) is 25.2. The SMILES string of the molecule is CC1(C)CC(NC(=O)c2ccc(Oc3cccc(CN4CCCCC4=O)c3)c(Cl)c2)CC(C)(C)N1. The molecule has 0 radical (unpaired) electrons. The lowest BCUT2D eigenvalue weighted by molar-refractivity contribution is -0.133. The zero-order valence-corrected chi connectivity index (χ0v) is 21.9. The van der Waals surface area contributed by atoms with E-state index in [0.29, 0.717) is 35.1 Å². The highest BCUT2D eigenvalue weighted by Crippen LogP contribution is 2.32. The molecule has 2 aromatic rings. The van der Waals surface area contributed by atoms with Crippen LogP contribution in [0, 0.1) is 0 Å². The highest BCUT2D eigenvalue weighted by atomic mass is 35.5. The van der Waals surface area contributed by atoms with Crippen LogP contribution in [0.15, 0.2) is 42.5 Å². The first kappa shape index (κ1) is 25.5. The van der Waals surface area contributed by atoms with Gasteiger partial charge in [0.05, 0.1) is 5.02 Å². The Hall–Kier alpha value is -2.57. The number of carbonyl (C=O) groups is 2. The minimum absolute atomic E-state index is 0.0507. The van der Waals surface area contributed by atoms with E-state index in [1.54, 1.807) is 18.2 Å². The molecule has 4 rings (SSSR count). The minimum Gasteiger partial charge on any atom is -0.456 e. The van der Waals surface area contributed by atoms with E-state index >= 15 is 0 Å². The molecule has 0 atom stereocenters. The highest BCUT2D eigenvalue weighted by Gasteiger charge is 2.38. The molecule has 2 saturated heterocycles. The van der Waals surface area contributed by atoms with Gasteiger partial charge in [-0.25, -0.2) is 0 Å². The van der Waals surface area contributed by atoms with Gasteiger partial charge in [-0.05, 0) is 89.3 Å². The Bertz CT molecular complexity index is 1080. The number of carbonyl (C=O) groups excluding carboxylic acids is 2. The van der Waals surface area contributed by atoms with Gasteiger partial charge in [-0.3, -0.25) is 9.59 Å². The third-order valence-corrected chi connectivity index (χ3v) is 6.94. The summed E-state index contributed by atoms with van der Waals surface area (Å²) < 4.78 is 6.03. The van der Waals surface area contributed by atoms with E-state index in [2.05, 4.69) is 38.3 Å². The summed E-state index contributed by atoms with van der Waals surface area (Å²) in [6.45, 7) is 10.0. The number of piperidine rings is 2. The quantitative estimate of drug-likeness (QED) is 0.538. The van der Waals surface area contributed by atoms with Crippen LogP contribution >= 0.6 is 11.6 Å². The fourth-order valence-electron chi connectivity index (χ4n) is 5.50. The van der Waals surface area contributed by atoms with E-state index < -0.39 is 0 Å². The van der Waals surface area contributed by atoms with E-state index in [0.717, 1.165) is 37.8 Å². The third-order valence-electron chi connectivity index (χ3n) is 6.64. The zero-order valence-electron chi connectivity index (χ0n) is 21.1. The number of halogens is 1. The summed E-state index contributed by atoms with van der Waals surface area (Å²) in [6.07, 6.45) is 4.36. The fourth-order valence-corrected chi connectivity index (χ4v) is 5.72. The predicted octanol–water partition coefficient (Wildman–Crippen LogP) is 5.68. The van der Waals surface area contributed by atoms with Crippen molar-refractivity contribution in [2.75, 3.05) is 6.54 Å². The summed E-state index contributed by atoms with van der Waals surface area (Å²) in [5.74, 6) is 1.20. The van der Waals surface area contributed by atoms with Crippen LogP contribution in [0.1, 0.15) is 75.7 Å². The van der Waals surface area contributed by atoms with Gasteiger partial charge in [0.25, 0.3) is 5.91 Å². The number of hydrogen-bond donors (Lipinski definition) is 2. The van der Waals surface area contributed by atoms with E-state index in [1.807, 2.05) is 29.2 Å². The van der Waals surface area contributed by atoms with Crippen LogP contribution in [-0.2, 0) is 11.3 Å². The number of rotatable bonds is 6. The Labute approximate surface area is 213 Å². The molecule has 2 aliphatic rings. The van der Waals surface area contributed by atoms with Gasteiger partial charge in [-0.2, -0.15) is 0 Å². The molecule has 0 unspecified atom stereocenters. The molecule has 6 nitrogen and oxygen atoms in total. The first-order valence-electron chi connectivity index (χ1n) is 12.4. The van der Waals surface area contributed by atoms with Crippen molar-refractivity contribution in [3.05, 3.63) is 58.6 Å². The Morgan fingerprint density at radius 1 is 1.11 bits per heavy atom. The summed E-state index contributed by atoms with van der Waals surface area (Å²) in [4.78, 5) is 27.0. The van der Waals surface area contributed by atoms with Crippen molar-refractivity contribution < 1.29 is 14.3 Å². The van der Waals surface area contributed by atoms with Gasteiger partial charge in [0.15, 0.2) is 0 Å². The standard InChI is InChI=1S/C28H36ClN3O3/c1-27(2)16-21(17-28(3,4)31-27)30-26(34)20-11-12-24(23(29)15-20)35-22-9-7-8-19(14-22)18-32-13-6-5-10-25(32)33/h7-9,11-12,14-15,21,31H,5-6,10,13,16-18H2,1-4H3,(H,30,34). The molecule has 0 spiro atoms. The smallest absolute Gasteiger partial charge is 0.251 e. The maximum absolute atomic E-state index is 13.0. The molecule has 35 heavy (non-hydrogen) atoms. The van der Waals surface area contributed by atoms with E-state index in [4.69, 9.17) is 16.3 Å². The topological polar surface area (TPSA) is 70.7 Å². The number of amides is 2. The molecule has 0 aromatic heterocycles. The van der Waals surface area contributed by atoms with Crippen LogP contribution in [0.5, 0.6) is 11.5 Å². The molecule has 2 N–H and O–H groups in total. The van der Waals surface area contributed by atoms with E-state index in [9.17, 15) is 9.59 Å². The predicted molar refractivity (Wildman–Crippen MR) is 139 cm³/mol. The van der Waals surface area contributed by atoms with Crippen molar-refractivity contribution >= 4 is 23.4 Å². The molecule has 2 aromatic carbocycles. The number of likely N-dealkylation sites (tertiary alicyclic amines) is 1. The Morgan fingerprint density at radius 3 is 2.54 bits per heavy atom. The number of hydrogen-bond acceptors (Lipinski definition) is 4. The fraction of sp³-hybridized carbons (Fsp3) is 0.500. The second-order valence-corrected chi connectivity index (χ2v) is 11.5. The first-order valence-corrected chi connectivity index (χ1v) is 12.8. The van der Waals surface area contributed by atoms with Gasteiger partial charge in [0.2, 0.25) is 5.91 Å². The van der Waals surface area contributed by atoms with Crippen LogP contribution in [0.3, 0.4) is 0 Å². The summed E-state index contributed by atoms with van der Waals surface area (Å²) in [5, 5.41) is 7.19. The molecule has 0 bridgehead atoms. The van der Waals surface area contributed by atoms with Crippen molar-refractivity contribution in [1.82, 2.24) is 15.5 Å². The van der Waals surface area contributed by atoms with Crippen molar-refractivity contribution in [2.45, 2.75) is 83.5 Å². The van der Waals surface area contributed by atoms with Crippen molar-refractivity contribution in [2.24, 2.45) is 0 Å². The lowest BCUT2D eigenvalue weighted by Crippen LogP contribution is -2.62. The van der Waals surface area contributed by atoms with Gasteiger partial charge in [-0.1, -0.05) is 23.7 Å². The maximum atomic E-state index is 13.0. The number of nitrogens with zero attached hydrogens (tertiary/aromatic N) is 1. The summed E-state index contributed by atoms with van der Waals surface area (Å²) in [5.41, 5.74) is 1.42. The molecular formula is C28H36ClN3O3. The van der Waals surface area contributed by atoms with Gasteiger partial charge < -0.3 is 20.3 Å². The highest BCUT2D eigenvalue weighted by molar-refractivity contribution is 6.32. The average molecular weight is 498 g/mol. The monoisotopic (exact) mass is 497 g/mol. The normalized spacial score (nSPS) is 19.9. The minimum atomic E-state index is -0.134. The van der Waals surface area contributed by atoms with Gasteiger partial charge in [0.1, 0.15) is 11.5 Å². The average Bonchev–Trinajstić information content (AvgIpc) is 2.75. The van der Waals surface area contributed by atoms with Gasteiger partial charge in [-0.15, -0.1) is 0 Å². The molecule has 2 heterocycles. The Morgan fingerprint density at radius 2 is 1.86 bits per heavy atom. The van der Waals surface area contributed by atoms with Crippen molar-refractivity contribution in [3.8, 4) is 11.5 Å². The summed E-state index contributed by atoms with van der Waals surface area (Å²) >= 11 is 6.50. The van der Waals surface area contributed by atoms with Crippen LogP contribution in [0.4, 0.5) is 0 Å². The third kappa shape index (κ3) is 6.77. The molecule has 2 fully saturated rings. The van der Waals surface area contributed by atoms with Gasteiger partial charge in [0, 0.05) is 42.2 Å². The number of nitrogens with one attached hydrogen (secondary N) is 2. The molecule has 2 amide bonds. The molecule has 0 aliphatic carbocycles. The maximum Gasteiger partial charge on any atom is 0.251 e. The van der Waals surface area contributed by atoms with Crippen LogP contribution in [0.2, 0.25) is 5.02 Å². The number of benzene rings is 2. The molecular weight excluding hydrogens is 462 g/mol. The second-order valence-electron chi connectivity index (χ2n) is 11.1. The van der Waals surface area contributed by atoms with E-state index in [1.165, 1.54) is 0 Å². The van der Waals surface area contributed by atoms with Crippen molar-refractivity contribution in [1.29, 1.82) is 0 Å². The first-order chi connectivity index (χ1) is 16.5. The Balaban J connectivity index is 1.40. The second kappa shape index (κ2) is 10.2. The van der Waals surface area contributed by atoms with E-state index in [-0.39, 0.29) is 28.9 Å². The Kier molecular flexibility index (Phi) is 7.43. The molecule has 188 valence electrons. The molecule has 7 heteroatoms. The van der Waals surface area contributed by atoms with Crippen molar-refractivity contribution in [3.63, 3.8) is 0 Å². The largest absolute Gasteiger partial charge is 0.456 e. The van der Waals surface area contributed by atoms with Crippen LogP contribution in [0.25, 0.3) is 0 Å². The lowest BCUT2D eigenvalue weighted by Gasteiger charge is -2.46. The van der Waals surface area contributed by atoms with Crippen LogP contribution < -0.4 is 15.4 Å². The summed E-state index contributed by atoms with van der Waals surface area (Å²) in [7, 11) is 0. The number of ether oxygens (including phenoxy) is 1. The van der Waals surface area contributed by atoms with Crippen LogP contribution in [-0.4, -0.2) is 40.4 Å².